The van der Waals surface area contributed by atoms with Crippen molar-refractivity contribution in [1.29, 1.82) is 0 Å². The zero-order valence-electron chi connectivity index (χ0n) is 15.2. The lowest BCUT2D eigenvalue weighted by atomic mass is 9.99. The minimum atomic E-state index is 0.581. The van der Waals surface area contributed by atoms with Crippen molar-refractivity contribution in [1.82, 2.24) is 24.6 Å². The molecule has 0 aliphatic carbocycles. The Hall–Kier alpha value is -2.47. The van der Waals surface area contributed by atoms with Gasteiger partial charge < -0.3 is 9.09 Å². The summed E-state index contributed by atoms with van der Waals surface area (Å²) in [6.07, 6.45) is 12.5. The quantitative estimate of drug-likeness (QED) is 0.678. The van der Waals surface area contributed by atoms with Gasteiger partial charge in [0.05, 0.1) is 6.54 Å². The molecule has 4 rings (SSSR count). The smallest absolute Gasteiger partial charge is 0.151 e. The minimum absolute atomic E-state index is 0.581. The van der Waals surface area contributed by atoms with E-state index in [0.29, 0.717) is 6.04 Å². The van der Waals surface area contributed by atoms with Crippen LogP contribution in [-0.4, -0.2) is 37.2 Å². The fourth-order valence-electron chi connectivity index (χ4n) is 3.76. The first kappa shape index (κ1) is 17.0. The Morgan fingerprint density at radius 1 is 1.27 bits per heavy atom. The highest BCUT2D eigenvalue weighted by atomic mass is 16.5. The second-order valence-corrected chi connectivity index (χ2v) is 7.00. The number of aryl methyl sites for hydroxylation is 2. The van der Waals surface area contributed by atoms with Crippen LogP contribution in [0, 0.1) is 6.92 Å². The summed E-state index contributed by atoms with van der Waals surface area (Å²) in [6.45, 7) is 5.02. The lowest BCUT2D eigenvalue weighted by Gasteiger charge is -2.35. The topological polar surface area (TPSA) is 60.0 Å². The third-order valence-electron chi connectivity index (χ3n) is 5.25. The molecule has 0 radical (unpaired) electrons. The van der Waals surface area contributed by atoms with E-state index in [0.717, 1.165) is 48.9 Å². The molecule has 4 heterocycles. The standard InChI is InChI=1S/C20H25N5O/c1-16-22-9-12-24(16)11-7-18-6-2-3-10-25(18)15-19-13-20(23-26-19)17-5-4-8-21-14-17/h4-5,8-9,12-14,18H,2-3,6-7,10-11,15H2,1H3/t18-/m1/s1. The molecule has 1 saturated heterocycles. The summed E-state index contributed by atoms with van der Waals surface area (Å²) >= 11 is 0. The summed E-state index contributed by atoms with van der Waals surface area (Å²) in [5.74, 6) is 2.01. The lowest BCUT2D eigenvalue weighted by molar-refractivity contribution is 0.116. The van der Waals surface area contributed by atoms with Crippen molar-refractivity contribution in [2.75, 3.05) is 6.54 Å². The highest BCUT2D eigenvalue weighted by Gasteiger charge is 2.24. The molecule has 26 heavy (non-hydrogen) atoms. The Balaban J connectivity index is 1.40. The van der Waals surface area contributed by atoms with Crippen LogP contribution in [0.1, 0.15) is 37.3 Å². The van der Waals surface area contributed by atoms with Crippen molar-refractivity contribution in [3.05, 3.63) is 54.6 Å². The SMILES string of the molecule is Cc1nccn1CC[C@H]1CCCCN1Cc1cc(-c2cccnc2)no1. The Morgan fingerprint density at radius 3 is 3.04 bits per heavy atom. The minimum Gasteiger partial charge on any atom is -0.359 e. The number of imidazole rings is 1. The summed E-state index contributed by atoms with van der Waals surface area (Å²) in [6, 6.07) is 6.55. The molecule has 6 heteroatoms. The van der Waals surface area contributed by atoms with Crippen molar-refractivity contribution in [3.8, 4) is 11.3 Å². The lowest BCUT2D eigenvalue weighted by Crippen LogP contribution is -2.39. The molecule has 0 amide bonds. The highest BCUT2D eigenvalue weighted by molar-refractivity contribution is 5.57. The maximum absolute atomic E-state index is 5.60. The molecular formula is C20H25N5O. The van der Waals surface area contributed by atoms with E-state index in [1.807, 2.05) is 30.6 Å². The van der Waals surface area contributed by atoms with Gasteiger partial charge in [-0.1, -0.05) is 11.6 Å². The van der Waals surface area contributed by atoms with Crippen LogP contribution in [0.5, 0.6) is 0 Å². The number of hydrogen-bond acceptors (Lipinski definition) is 5. The summed E-state index contributed by atoms with van der Waals surface area (Å²) in [5.41, 5.74) is 1.85. The Labute approximate surface area is 153 Å². The Bertz CT molecular complexity index is 826. The summed E-state index contributed by atoms with van der Waals surface area (Å²) in [5, 5.41) is 4.22. The van der Waals surface area contributed by atoms with Gasteiger partial charge in [0.2, 0.25) is 0 Å². The third kappa shape index (κ3) is 3.85. The summed E-state index contributed by atoms with van der Waals surface area (Å²) < 4.78 is 7.84. The molecule has 0 spiro atoms. The predicted octanol–water partition coefficient (Wildman–Crippen LogP) is 3.69. The van der Waals surface area contributed by atoms with Crippen LogP contribution in [0.15, 0.2) is 47.5 Å². The van der Waals surface area contributed by atoms with E-state index >= 15 is 0 Å². The molecule has 1 atom stereocenters. The van der Waals surface area contributed by atoms with E-state index in [2.05, 4.69) is 37.7 Å². The largest absolute Gasteiger partial charge is 0.359 e. The molecule has 6 nitrogen and oxygen atoms in total. The molecule has 0 unspecified atom stereocenters. The van der Waals surface area contributed by atoms with E-state index in [1.165, 1.54) is 19.3 Å². The van der Waals surface area contributed by atoms with Crippen molar-refractivity contribution < 1.29 is 4.52 Å². The second kappa shape index (κ2) is 7.83. The van der Waals surface area contributed by atoms with Gasteiger partial charge in [0, 0.05) is 49.0 Å². The van der Waals surface area contributed by atoms with Crippen LogP contribution in [0.25, 0.3) is 11.3 Å². The third-order valence-corrected chi connectivity index (χ3v) is 5.25. The molecule has 3 aromatic heterocycles. The highest BCUT2D eigenvalue weighted by Crippen LogP contribution is 2.24. The maximum Gasteiger partial charge on any atom is 0.151 e. The van der Waals surface area contributed by atoms with Gasteiger partial charge in [-0.05, 0) is 44.9 Å². The van der Waals surface area contributed by atoms with E-state index in [1.54, 1.807) is 6.20 Å². The molecule has 3 aromatic rings. The number of piperidine rings is 1. The molecule has 0 aromatic carbocycles. The van der Waals surface area contributed by atoms with Crippen molar-refractivity contribution >= 4 is 0 Å². The van der Waals surface area contributed by atoms with E-state index < -0.39 is 0 Å². The number of nitrogens with zero attached hydrogens (tertiary/aromatic N) is 5. The number of aromatic nitrogens is 4. The van der Waals surface area contributed by atoms with Gasteiger partial charge in [-0.3, -0.25) is 9.88 Å². The number of pyridine rings is 1. The van der Waals surface area contributed by atoms with Crippen LogP contribution in [0.3, 0.4) is 0 Å². The van der Waals surface area contributed by atoms with Crippen molar-refractivity contribution in [2.45, 2.75) is 51.7 Å². The molecule has 1 aliphatic heterocycles. The summed E-state index contributed by atoms with van der Waals surface area (Å²) in [4.78, 5) is 11.0. The molecule has 1 aliphatic rings. The average molecular weight is 351 g/mol. The molecule has 0 saturated carbocycles. The van der Waals surface area contributed by atoms with Crippen molar-refractivity contribution in [2.24, 2.45) is 0 Å². The van der Waals surface area contributed by atoms with Crippen LogP contribution in [0.4, 0.5) is 0 Å². The molecule has 136 valence electrons. The van der Waals surface area contributed by atoms with Gasteiger partial charge in [0.15, 0.2) is 5.76 Å². The molecule has 0 bridgehead atoms. The predicted molar refractivity (Wildman–Crippen MR) is 99.4 cm³/mol. The van der Waals surface area contributed by atoms with Crippen LogP contribution in [0.2, 0.25) is 0 Å². The first-order chi connectivity index (χ1) is 12.8. The first-order valence-corrected chi connectivity index (χ1v) is 9.37. The van der Waals surface area contributed by atoms with Gasteiger partial charge in [0.1, 0.15) is 11.5 Å². The van der Waals surface area contributed by atoms with Crippen molar-refractivity contribution in [3.63, 3.8) is 0 Å². The monoisotopic (exact) mass is 351 g/mol. The van der Waals surface area contributed by atoms with Gasteiger partial charge in [-0.15, -0.1) is 0 Å². The van der Waals surface area contributed by atoms with Gasteiger partial charge in [0.25, 0.3) is 0 Å². The Kier molecular flexibility index (Phi) is 5.11. The molecule has 0 N–H and O–H groups in total. The average Bonchev–Trinajstić information content (AvgIpc) is 3.31. The molecular weight excluding hydrogens is 326 g/mol. The number of rotatable bonds is 6. The maximum atomic E-state index is 5.60. The van der Waals surface area contributed by atoms with Crippen LogP contribution >= 0.6 is 0 Å². The Morgan fingerprint density at radius 2 is 2.23 bits per heavy atom. The van der Waals surface area contributed by atoms with E-state index in [9.17, 15) is 0 Å². The molecule has 1 fully saturated rings. The normalized spacial score (nSPS) is 18.3. The zero-order chi connectivity index (χ0) is 17.8. The van der Waals surface area contributed by atoms with Crippen LogP contribution < -0.4 is 0 Å². The van der Waals surface area contributed by atoms with Gasteiger partial charge >= 0.3 is 0 Å². The zero-order valence-corrected chi connectivity index (χ0v) is 15.2. The fraction of sp³-hybridized carbons (Fsp3) is 0.450. The van der Waals surface area contributed by atoms with E-state index in [4.69, 9.17) is 4.52 Å². The first-order valence-electron chi connectivity index (χ1n) is 9.37. The number of likely N-dealkylation sites (tertiary alicyclic amines) is 1. The van der Waals surface area contributed by atoms with Gasteiger partial charge in [-0.2, -0.15) is 0 Å². The van der Waals surface area contributed by atoms with E-state index in [-0.39, 0.29) is 0 Å². The summed E-state index contributed by atoms with van der Waals surface area (Å²) in [7, 11) is 0. The van der Waals surface area contributed by atoms with Crippen LogP contribution in [-0.2, 0) is 13.1 Å². The number of hydrogen-bond donors (Lipinski definition) is 0. The fourth-order valence-corrected chi connectivity index (χ4v) is 3.76. The van der Waals surface area contributed by atoms with Gasteiger partial charge in [-0.25, -0.2) is 4.98 Å². The second-order valence-electron chi connectivity index (χ2n) is 7.00.